The number of alkyl halides is 3. The van der Waals surface area contributed by atoms with Crippen LogP contribution in [0.15, 0.2) is 30.6 Å². The Morgan fingerprint density at radius 2 is 1.87 bits per heavy atom. The molecule has 1 aliphatic carbocycles. The molecule has 23 heavy (non-hydrogen) atoms. The molecule has 1 fully saturated rings. The van der Waals surface area contributed by atoms with Crippen LogP contribution < -0.4 is 5.32 Å². The normalized spacial score (nSPS) is 14.6. The van der Waals surface area contributed by atoms with Crippen molar-refractivity contribution >= 4 is 23.2 Å². The first-order valence-corrected chi connectivity index (χ1v) is 7.22. The minimum atomic E-state index is -4.51. The van der Waals surface area contributed by atoms with E-state index in [9.17, 15) is 18.0 Å². The Hall–Kier alpha value is -2.15. The fourth-order valence-electron chi connectivity index (χ4n) is 2.00. The minimum Gasteiger partial charge on any atom is -0.321 e. The Kier molecular flexibility index (Phi) is 3.97. The third-order valence-corrected chi connectivity index (χ3v) is 3.75. The van der Waals surface area contributed by atoms with Gasteiger partial charge in [0.1, 0.15) is 5.82 Å². The quantitative estimate of drug-likeness (QED) is 0.906. The minimum absolute atomic E-state index is 0.0156. The smallest absolute Gasteiger partial charge is 0.321 e. The van der Waals surface area contributed by atoms with Crippen molar-refractivity contribution in [1.29, 1.82) is 0 Å². The summed E-state index contributed by atoms with van der Waals surface area (Å²) in [5, 5.41) is 2.37. The van der Waals surface area contributed by atoms with Crippen LogP contribution in [0.25, 0.3) is 0 Å². The van der Waals surface area contributed by atoms with Gasteiger partial charge in [0.25, 0.3) is 5.91 Å². The van der Waals surface area contributed by atoms with E-state index in [0.29, 0.717) is 11.7 Å². The lowest BCUT2D eigenvalue weighted by Gasteiger charge is -2.11. The van der Waals surface area contributed by atoms with Gasteiger partial charge in [-0.3, -0.25) is 4.79 Å². The summed E-state index contributed by atoms with van der Waals surface area (Å²) in [5.41, 5.74) is -0.849. The predicted octanol–water partition coefficient (Wildman–Crippen LogP) is 4.28. The number of nitrogens with one attached hydrogen (secondary N) is 1. The number of amides is 1. The summed E-state index contributed by atoms with van der Waals surface area (Å²) < 4.78 is 38.1. The fourth-order valence-corrected chi connectivity index (χ4v) is 2.16. The van der Waals surface area contributed by atoms with Gasteiger partial charge in [-0.25, -0.2) is 9.97 Å². The first kappa shape index (κ1) is 15.7. The molecule has 8 heteroatoms. The monoisotopic (exact) mass is 341 g/mol. The van der Waals surface area contributed by atoms with E-state index in [-0.39, 0.29) is 16.3 Å². The Morgan fingerprint density at radius 1 is 1.22 bits per heavy atom. The molecule has 0 aliphatic heterocycles. The molecular weight excluding hydrogens is 331 g/mol. The highest BCUT2D eigenvalue weighted by Gasteiger charge is 2.31. The number of aromatic nitrogens is 2. The number of carbonyl (C=O) groups excluding carboxylic acids is 1. The van der Waals surface area contributed by atoms with Gasteiger partial charge in [0.2, 0.25) is 0 Å². The van der Waals surface area contributed by atoms with E-state index in [1.165, 1.54) is 12.4 Å². The molecule has 2 aromatic rings. The maximum absolute atomic E-state index is 12.7. The molecule has 1 saturated carbocycles. The second-order valence-electron chi connectivity index (χ2n) is 5.25. The largest absolute Gasteiger partial charge is 0.416 e. The second kappa shape index (κ2) is 5.81. The molecule has 1 heterocycles. The Morgan fingerprint density at radius 3 is 2.43 bits per heavy atom. The van der Waals surface area contributed by atoms with Crippen molar-refractivity contribution in [2.24, 2.45) is 0 Å². The lowest BCUT2D eigenvalue weighted by Crippen LogP contribution is -2.14. The van der Waals surface area contributed by atoms with Crippen molar-refractivity contribution in [3.63, 3.8) is 0 Å². The Bertz CT molecular complexity index is 743. The molecule has 1 N–H and O–H groups in total. The molecule has 0 spiro atoms. The third-order valence-electron chi connectivity index (χ3n) is 3.42. The molecule has 0 saturated heterocycles. The van der Waals surface area contributed by atoms with Crippen molar-refractivity contribution in [3.05, 3.63) is 52.6 Å². The van der Waals surface area contributed by atoms with E-state index in [4.69, 9.17) is 11.6 Å². The van der Waals surface area contributed by atoms with Crippen LogP contribution in [0.1, 0.15) is 40.5 Å². The molecule has 0 atom stereocenters. The summed E-state index contributed by atoms with van der Waals surface area (Å²) in [5.74, 6) is 0.414. The highest BCUT2D eigenvalue weighted by Crippen LogP contribution is 2.37. The number of rotatable bonds is 3. The van der Waals surface area contributed by atoms with Gasteiger partial charge in [0, 0.05) is 18.3 Å². The van der Waals surface area contributed by atoms with E-state index < -0.39 is 17.6 Å². The van der Waals surface area contributed by atoms with Crippen LogP contribution in [-0.2, 0) is 6.18 Å². The molecule has 1 aliphatic rings. The van der Waals surface area contributed by atoms with Crippen LogP contribution in [0.4, 0.5) is 18.9 Å². The standard InChI is InChI=1S/C15H11ClF3N3O/c16-11-4-3-10(15(17,18)19)5-12(11)22-14(23)9-6-20-13(21-7-9)8-1-2-8/h3-8H,1-2H2,(H,22,23). The molecule has 120 valence electrons. The van der Waals surface area contributed by atoms with Crippen LogP contribution in [0, 0.1) is 0 Å². The SMILES string of the molecule is O=C(Nc1cc(C(F)(F)F)ccc1Cl)c1cnc(C2CC2)nc1. The first-order chi connectivity index (χ1) is 10.8. The van der Waals surface area contributed by atoms with E-state index in [1.54, 1.807) is 0 Å². The molecule has 1 aromatic carbocycles. The average Bonchev–Trinajstić information content (AvgIpc) is 3.33. The molecule has 1 amide bonds. The molecule has 1 aromatic heterocycles. The molecule has 3 rings (SSSR count). The highest BCUT2D eigenvalue weighted by molar-refractivity contribution is 6.34. The van der Waals surface area contributed by atoms with E-state index in [0.717, 1.165) is 31.0 Å². The van der Waals surface area contributed by atoms with Gasteiger partial charge in [0.05, 0.1) is 21.8 Å². The van der Waals surface area contributed by atoms with Crippen LogP contribution in [0.3, 0.4) is 0 Å². The summed E-state index contributed by atoms with van der Waals surface area (Å²) in [6.45, 7) is 0. The van der Waals surface area contributed by atoms with Gasteiger partial charge in [-0.05, 0) is 31.0 Å². The summed E-state index contributed by atoms with van der Waals surface area (Å²) in [6, 6.07) is 2.73. The van der Waals surface area contributed by atoms with Crippen molar-refractivity contribution in [3.8, 4) is 0 Å². The summed E-state index contributed by atoms with van der Waals surface area (Å²) in [6.07, 6.45) is 0.269. The van der Waals surface area contributed by atoms with Crippen molar-refractivity contribution < 1.29 is 18.0 Å². The zero-order valence-electron chi connectivity index (χ0n) is 11.7. The zero-order valence-corrected chi connectivity index (χ0v) is 12.4. The van der Waals surface area contributed by atoms with Gasteiger partial charge in [-0.15, -0.1) is 0 Å². The second-order valence-corrected chi connectivity index (χ2v) is 5.66. The molecule has 0 unspecified atom stereocenters. The van der Waals surface area contributed by atoms with Crippen LogP contribution in [0.2, 0.25) is 5.02 Å². The molecule has 0 radical (unpaired) electrons. The average molecular weight is 342 g/mol. The number of nitrogens with zero attached hydrogens (tertiary/aromatic N) is 2. The topological polar surface area (TPSA) is 54.9 Å². The van der Waals surface area contributed by atoms with E-state index in [1.807, 2.05) is 0 Å². The molecule has 0 bridgehead atoms. The number of hydrogen-bond donors (Lipinski definition) is 1. The van der Waals surface area contributed by atoms with Gasteiger partial charge < -0.3 is 5.32 Å². The predicted molar refractivity (Wildman–Crippen MR) is 78.4 cm³/mol. The molecular formula is C15H11ClF3N3O. The fraction of sp³-hybridized carbons (Fsp3) is 0.267. The Labute approximate surface area is 134 Å². The third kappa shape index (κ3) is 3.61. The summed E-state index contributed by atoms with van der Waals surface area (Å²) in [7, 11) is 0. The van der Waals surface area contributed by atoms with E-state index >= 15 is 0 Å². The number of carbonyl (C=O) groups is 1. The van der Waals surface area contributed by atoms with Crippen LogP contribution in [-0.4, -0.2) is 15.9 Å². The van der Waals surface area contributed by atoms with E-state index in [2.05, 4.69) is 15.3 Å². The zero-order chi connectivity index (χ0) is 16.6. The van der Waals surface area contributed by atoms with Crippen molar-refractivity contribution in [2.75, 3.05) is 5.32 Å². The van der Waals surface area contributed by atoms with Crippen molar-refractivity contribution in [2.45, 2.75) is 24.9 Å². The maximum atomic E-state index is 12.7. The van der Waals surface area contributed by atoms with Crippen LogP contribution in [0.5, 0.6) is 0 Å². The van der Waals surface area contributed by atoms with Crippen LogP contribution >= 0.6 is 11.6 Å². The molecule has 4 nitrogen and oxygen atoms in total. The van der Waals surface area contributed by atoms with Gasteiger partial charge in [0.15, 0.2) is 0 Å². The van der Waals surface area contributed by atoms with Gasteiger partial charge >= 0.3 is 6.18 Å². The van der Waals surface area contributed by atoms with Gasteiger partial charge in [-0.2, -0.15) is 13.2 Å². The van der Waals surface area contributed by atoms with Crippen molar-refractivity contribution in [1.82, 2.24) is 9.97 Å². The summed E-state index contributed by atoms with van der Waals surface area (Å²) >= 11 is 5.84. The van der Waals surface area contributed by atoms with Gasteiger partial charge in [-0.1, -0.05) is 11.6 Å². The highest BCUT2D eigenvalue weighted by atomic mass is 35.5. The lowest BCUT2D eigenvalue weighted by atomic mass is 10.2. The number of benzene rings is 1. The number of hydrogen-bond acceptors (Lipinski definition) is 3. The maximum Gasteiger partial charge on any atom is 0.416 e. The lowest BCUT2D eigenvalue weighted by molar-refractivity contribution is -0.137. The first-order valence-electron chi connectivity index (χ1n) is 6.84. The Balaban J connectivity index is 1.79. The number of halogens is 4. The number of anilines is 1. The summed E-state index contributed by atoms with van der Waals surface area (Å²) in [4.78, 5) is 20.3.